The number of thiophene rings is 1. The van der Waals surface area contributed by atoms with Crippen molar-refractivity contribution in [3.8, 4) is 0 Å². The molecular weight excluding hydrogens is 234 g/mol. The van der Waals surface area contributed by atoms with Crippen LogP contribution in [0.3, 0.4) is 0 Å². The number of aliphatic carboxylic acids is 1. The van der Waals surface area contributed by atoms with E-state index in [0.717, 1.165) is 25.8 Å². The van der Waals surface area contributed by atoms with Gasteiger partial charge in [0.05, 0.1) is 0 Å². The molecule has 1 fully saturated rings. The Morgan fingerprint density at radius 1 is 1.65 bits per heavy atom. The van der Waals surface area contributed by atoms with Crippen LogP contribution in [0.5, 0.6) is 0 Å². The molecule has 2 atom stereocenters. The van der Waals surface area contributed by atoms with Gasteiger partial charge in [0.15, 0.2) is 0 Å². The molecule has 1 saturated heterocycles. The summed E-state index contributed by atoms with van der Waals surface area (Å²) in [6, 6.07) is 1.93. The molecule has 0 radical (unpaired) electrons. The predicted molar refractivity (Wildman–Crippen MR) is 69.5 cm³/mol. The molecule has 1 aliphatic rings. The third kappa shape index (κ3) is 3.54. The highest BCUT2D eigenvalue weighted by molar-refractivity contribution is 7.10. The monoisotopic (exact) mass is 253 g/mol. The van der Waals surface area contributed by atoms with E-state index in [-0.39, 0.29) is 6.04 Å². The standard InChI is InChI=1S/C13H19NO2S/c1-9-5-11(17-8-9)4-2-3-10-6-12(13(15)16)14-7-10/h5,8,10,12,14H,2-4,6-7H2,1H3,(H,15,16)/t10-,12-/m0/s1. The lowest BCUT2D eigenvalue weighted by Crippen LogP contribution is -2.29. The second kappa shape index (κ2) is 5.65. The molecule has 1 aliphatic heterocycles. The van der Waals surface area contributed by atoms with Crippen LogP contribution < -0.4 is 5.32 Å². The molecule has 2 heterocycles. The van der Waals surface area contributed by atoms with Crippen molar-refractivity contribution in [2.45, 2.75) is 38.6 Å². The van der Waals surface area contributed by atoms with Crippen LogP contribution >= 0.6 is 11.3 Å². The second-order valence-corrected chi connectivity index (χ2v) is 5.88. The lowest BCUT2D eigenvalue weighted by Gasteiger charge is -2.07. The van der Waals surface area contributed by atoms with Gasteiger partial charge in [-0.3, -0.25) is 4.79 Å². The molecule has 2 N–H and O–H groups in total. The van der Waals surface area contributed by atoms with Gasteiger partial charge in [0, 0.05) is 4.88 Å². The van der Waals surface area contributed by atoms with E-state index in [1.807, 2.05) is 11.3 Å². The van der Waals surface area contributed by atoms with Gasteiger partial charge < -0.3 is 10.4 Å². The average molecular weight is 253 g/mol. The molecule has 1 aromatic rings. The van der Waals surface area contributed by atoms with Gasteiger partial charge in [-0.15, -0.1) is 11.3 Å². The molecule has 0 aromatic carbocycles. The van der Waals surface area contributed by atoms with Crippen LogP contribution in [0, 0.1) is 12.8 Å². The molecular formula is C13H19NO2S. The minimum absolute atomic E-state index is 0.316. The lowest BCUT2D eigenvalue weighted by atomic mass is 9.98. The molecule has 17 heavy (non-hydrogen) atoms. The maximum absolute atomic E-state index is 10.8. The smallest absolute Gasteiger partial charge is 0.320 e. The number of hydrogen-bond acceptors (Lipinski definition) is 3. The number of rotatable bonds is 5. The van der Waals surface area contributed by atoms with Crippen molar-refractivity contribution in [2.75, 3.05) is 6.54 Å². The SMILES string of the molecule is Cc1csc(CCC[C@@H]2CN[C@H](C(=O)O)C2)c1. The minimum Gasteiger partial charge on any atom is -0.480 e. The van der Waals surface area contributed by atoms with Crippen molar-refractivity contribution in [1.29, 1.82) is 0 Å². The fourth-order valence-electron chi connectivity index (χ4n) is 2.40. The Labute approximate surface area is 106 Å². The van der Waals surface area contributed by atoms with Gasteiger partial charge in [-0.2, -0.15) is 0 Å². The first-order valence-corrected chi connectivity index (χ1v) is 7.03. The summed E-state index contributed by atoms with van der Waals surface area (Å²) in [5, 5.41) is 14.1. The van der Waals surface area contributed by atoms with Crippen molar-refractivity contribution in [3.63, 3.8) is 0 Å². The van der Waals surface area contributed by atoms with Crippen molar-refractivity contribution in [3.05, 3.63) is 21.9 Å². The number of carbonyl (C=O) groups is 1. The maximum atomic E-state index is 10.8. The lowest BCUT2D eigenvalue weighted by molar-refractivity contribution is -0.139. The van der Waals surface area contributed by atoms with E-state index in [1.54, 1.807) is 0 Å². The van der Waals surface area contributed by atoms with Crippen LogP contribution in [0.2, 0.25) is 0 Å². The summed E-state index contributed by atoms with van der Waals surface area (Å²) in [5.74, 6) is -0.168. The van der Waals surface area contributed by atoms with E-state index < -0.39 is 5.97 Å². The zero-order chi connectivity index (χ0) is 12.3. The van der Waals surface area contributed by atoms with E-state index >= 15 is 0 Å². The fraction of sp³-hybridized carbons (Fsp3) is 0.615. The zero-order valence-electron chi connectivity index (χ0n) is 10.1. The minimum atomic E-state index is -0.707. The second-order valence-electron chi connectivity index (χ2n) is 4.88. The summed E-state index contributed by atoms with van der Waals surface area (Å²) < 4.78 is 0. The summed E-state index contributed by atoms with van der Waals surface area (Å²) in [7, 11) is 0. The van der Waals surface area contributed by atoms with Crippen LogP contribution in [0.15, 0.2) is 11.4 Å². The van der Waals surface area contributed by atoms with Gasteiger partial charge in [-0.25, -0.2) is 0 Å². The van der Waals surface area contributed by atoms with Crippen molar-refractivity contribution in [1.82, 2.24) is 5.32 Å². The van der Waals surface area contributed by atoms with Crippen LogP contribution in [-0.2, 0) is 11.2 Å². The molecule has 0 bridgehead atoms. The summed E-state index contributed by atoms with van der Waals surface area (Å²) in [6.07, 6.45) is 4.22. The predicted octanol–water partition coefficient (Wildman–Crippen LogP) is 2.44. The average Bonchev–Trinajstić information content (AvgIpc) is 2.88. The largest absolute Gasteiger partial charge is 0.480 e. The van der Waals surface area contributed by atoms with Gasteiger partial charge in [0.25, 0.3) is 0 Å². The van der Waals surface area contributed by atoms with Gasteiger partial charge in [-0.05, 0) is 62.1 Å². The van der Waals surface area contributed by atoms with Crippen LogP contribution in [0.1, 0.15) is 29.7 Å². The Morgan fingerprint density at radius 3 is 3.06 bits per heavy atom. The molecule has 1 aromatic heterocycles. The number of carboxylic acids is 1. The summed E-state index contributed by atoms with van der Waals surface area (Å²) in [4.78, 5) is 12.2. The fourth-order valence-corrected chi connectivity index (χ4v) is 3.33. The highest BCUT2D eigenvalue weighted by Gasteiger charge is 2.28. The van der Waals surface area contributed by atoms with Crippen molar-refractivity contribution >= 4 is 17.3 Å². The topological polar surface area (TPSA) is 49.3 Å². The van der Waals surface area contributed by atoms with Gasteiger partial charge in [-0.1, -0.05) is 0 Å². The molecule has 94 valence electrons. The van der Waals surface area contributed by atoms with E-state index in [4.69, 9.17) is 5.11 Å². The summed E-state index contributed by atoms with van der Waals surface area (Å²) in [5.41, 5.74) is 1.35. The zero-order valence-corrected chi connectivity index (χ0v) is 10.9. The van der Waals surface area contributed by atoms with Crippen LogP contribution in [-0.4, -0.2) is 23.7 Å². The Bertz CT molecular complexity index is 389. The van der Waals surface area contributed by atoms with Gasteiger partial charge >= 0.3 is 5.97 Å². The van der Waals surface area contributed by atoms with Crippen molar-refractivity contribution in [2.24, 2.45) is 5.92 Å². The maximum Gasteiger partial charge on any atom is 0.320 e. The van der Waals surface area contributed by atoms with E-state index in [1.165, 1.54) is 16.9 Å². The molecule has 0 spiro atoms. The first-order valence-electron chi connectivity index (χ1n) is 6.15. The molecule has 2 rings (SSSR count). The highest BCUT2D eigenvalue weighted by atomic mass is 32.1. The summed E-state index contributed by atoms with van der Waals surface area (Å²) in [6.45, 7) is 2.98. The van der Waals surface area contributed by atoms with Crippen LogP contribution in [0.4, 0.5) is 0 Å². The van der Waals surface area contributed by atoms with Crippen molar-refractivity contribution < 1.29 is 9.90 Å². The first-order chi connectivity index (χ1) is 8.15. The van der Waals surface area contributed by atoms with Gasteiger partial charge in [0.2, 0.25) is 0 Å². The number of carboxylic acid groups (broad SMARTS) is 1. The Hall–Kier alpha value is -0.870. The van der Waals surface area contributed by atoms with E-state index in [2.05, 4.69) is 23.7 Å². The number of nitrogens with one attached hydrogen (secondary N) is 1. The molecule has 0 aliphatic carbocycles. The van der Waals surface area contributed by atoms with Gasteiger partial charge in [0.1, 0.15) is 6.04 Å². The number of aryl methyl sites for hydroxylation is 2. The van der Waals surface area contributed by atoms with Crippen LogP contribution in [0.25, 0.3) is 0 Å². The van der Waals surface area contributed by atoms with E-state index in [0.29, 0.717) is 5.92 Å². The Morgan fingerprint density at radius 2 is 2.47 bits per heavy atom. The third-order valence-corrected chi connectivity index (χ3v) is 4.45. The first kappa shape index (κ1) is 12.6. The molecule has 4 heteroatoms. The molecule has 3 nitrogen and oxygen atoms in total. The summed E-state index contributed by atoms with van der Waals surface area (Å²) >= 11 is 1.83. The van der Waals surface area contributed by atoms with E-state index in [9.17, 15) is 4.79 Å². The Balaban J connectivity index is 1.68. The molecule has 0 saturated carbocycles. The molecule has 0 unspecified atom stereocenters. The quantitative estimate of drug-likeness (QED) is 0.847. The number of hydrogen-bond donors (Lipinski definition) is 2. The highest BCUT2D eigenvalue weighted by Crippen LogP contribution is 2.22. The third-order valence-electron chi connectivity index (χ3n) is 3.34. The normalized spacial score (nSPS) is 24.1. The Kier molecular flexibility index (Phi) is 4.18. The molecule has 0 amide bonds.